The predicted molar refractivity (Wildman–Crippen MR) is 70.3 cm³/mol. The minimum atomic E-state index is -1.57. The first-order valence-corrected chi connectivity index (χ1v) is 6.84. The lowest BCUT2D eigenvalue weighted by Gasteiger charge is -2.22. The van der Waals surface area contributed by atoms with Gasteiger partial charge in [0.25, 0.3) is 0 Å². The molecule has 0 bridgehead atoms. The normalized spacial score (nSPS) is 33.7. The van der Waals surface area contributed by atoms with Crippen LogP contribution in [0.2, 0.25) is 0 Å². The highest BCUT2D eigenvalue weighted by Crippen LogP contribution is 2.39. The van der Waals surface area contributed by atoms with Crippen molar-refractivity contribution in [2.24, 2.45) is 0 Å². The molecule has 0 amide bonds. The minimum absolute atomic E-state index is 0.0746. The van der Waals surface area contributed by atoms with Gasteiger partial charge in [-0.05, 0) is 26.0 Å². The Bertz CT molecular complexity index is 518. The molecule has 2 aliphatic rings. The van der Waals surface area contributed by atoms with Crippen LogP contribution >= 0.6 is 0 Å². The molecule has 0 unspecified atom stereocenters. The molecule has 2 fully saturated rings. The van der Waals surface area contributed by atoms with Crippen molar-refractivity contribution in [2.45, 2.75) is 44.3 Å². The molecule has 2 saturated heterocycles. The van der Waals surface area contributed by atoms with Crippen molar-refractivity contribution in [2.75, 3.05) is 6.61 Å². The van der Waals surface area contributed by atoms with Gasteiger partial charge in [0.2, 0.25) is 6.36 Å². The van der Waals surface area contributed by atoms with E-state index < -0.39 is 36.4 Å². The molecule has 114 valence electrons. The van der Waals surface area contributed by atoms with E-state index >= 15 is 0 Å². The first-order chi connectivity index (χ1) is 9.96. The summed E-state index contributed by atoms with van der Waals surface area (Å²) in [5.41, 5.74) is 0.438. The Morgan fingerprint density at radius 1 is 1.24 bits per heavy atom. The Hall–Kier alpha value is -1.50. The molecular formula is C15H17FO5. The van der Waals surface area contributed by atoms with Crippen molar-refractivity contribution in [3.8, 4) is 0 Å². The molecule has 2 aliphatic heterocycles. The number of alkyl halides is 1. The Balaban J connectivity index is 1.60. The molecule has 6 heteroatoms. The van der Waals surface area contributed by atoms with E-state index in [4.69, 9.17) is 18.9 Å². The molecule has 2 heterocycles. The van der Waals surface area contributed by atoms with E-state index in [1.54, 1.807) is 44.2 Å². The van der Waals surface area contributed by atoms with E-state index in [-0.39, 0.29) is 6.61 Å². The van der Waals surface area contributed by atoms with Crippen LogP contribution in [0.15, 0.2) is 30.3 Å². The maximum atomic E-state index is 13.8. The first-order valence-electron chi connectivity index (χ1n) is 6.84. The van der Waals surface area contributed by atoms with E-state index in [1.807, 2.05) is 0 Å². The Morgan fingerprint density at radius 2 is 1.90 bits per heavy atom. The summed E-state index contributed by atoms with van der Waals surface area (Å²) in [5, 5.41) is 0. The molecule has 0 aliphatic carbocycles. The fraction of sp³-hybridized carbons (Fsp3) is 0.533. The summed E-state index contributed by atoms with van der Waals surface area (Å²) in [6.45, 7) is 3.35. The average Bonchev–Trinajstić information content (AvgIpc) is 2.92. The minimum Gasteiger partial charge on any atom is -0.459 e. The van der Waals surface area contributed by atoms with Crippen LogP contribution in [0.1, 0.15) is 24.2 Å². The molecule has 3 rings (SSSR count). The van der Waals surface area contributed by atoms with Gasteiger partial charge in [-0.2, -0.15) is 0 Å². The molecule has 0 aromatic heterocycles. The van der Waals surface area contributed by atoms with Gasteiger partial charge in [0.05, 0.1) is 5.56 Å². The molecule has 21 heavy (non-hydrogen) atoms. The smallest absolute Gasteiger partial charge is 0.338 e. The summed E-state index contributed by atoms with van der Waals surface area (Å²) in [7, 11) is 0. The summed E-state index contributed by atoms with van der Waals surface area (Å²) in [6.07, 6.45) is -3.59. The number of hydrogen-bond donors (Lipinski definition) is 0. The van der Waals surface area contributed by atoms with E-state index in [1.165, 1.54) is 0 Å². The fourth-order valence-electron chi connectivity index (χ4n) is 2.58. The van der Waals surface area contributed by atoms with Gasteiger partial charge in [-0.25, -0.2) is 9.18 Å². The predicted octanol–water partition coefficient (Wildman–Crippen LogP) is 2.06. The third-order valence-corrected chi connectivity index (χ3v) is 3.48. The number of carbonyl (C=O) groups excluding carboxylic acids is 1. The number of hydrogen-bond acceptors (Lipinski definition) is 5. The van der Waals surface area contributed by atoms with Gasteiger partial charge in [-0.1, -0.05) is 18.2 Å². The lowest BCUT2D eigenvalue weighted by Crippen LogP contribution is -2.33. The van der Waals surface area contributed by atoms with Gasteiger partial charge in [0, 0.05) is 0 Å². The fourth-order valence-corrected chi connectivity index (χ4v) is 2.58. The number of carbonyl (C=O) groups is 1. The lowest BCUT2D eigenvalue weighted by atomic mass is 10.1. The molecule has 4 atom stereocenters. The zero-order valence-corrected chi connectivity index (χ0v) is 11.8. The number of halogens is 1. The number of esters is 1. The summed E-state index contributed by atoms with van der Waals surface area (Å²) in [5.74, 6) is -1.33. The van der Waals surface area contributed by atoms with E-state index in [2.05, 4.69) is 0 Å². The zero-order valence-electron chi connectivity index (χ0n) is 11.8. The largest absolute Gasteiger partial charge is 0.459 e. The van der Waals surface area contributed by atoms with Crippen molar-refractivity contribution < 1.29 is 28.1 Å². The van der Waals surface area contributed by atoms with E-state index in [0.717, 1.165) is 0 Å². The van der Waals surface area contributed by atoms with E-state index in [9.17, 15) is 9.18 Å². The Kier molecular flexibility index (Phi) is 3.69. The van der Waals surface area contributed by atoms with Crippen molar-refractivity contribution in [1.82, 2.24) is 0 Å². The molecular weight excluding hydrogens is 279 g/mol. The van der Waals surface area contributed by atoms with Crippen molar-refractivity contribution >= 4 is 5.97 Å². The zero-order chi connectivity index (χ0) is 15.0. The summed E-state index contributed by atoms with van der Waals surface area (Å²) < 4.78 is 35.1. The highest BCUT2D eigenvalue weighted by atomic mass is 19.1. The van der Waals surface area contributed by atoms with Gasteiger partial charge < -0.3 is 18.9 Å². The van der Waals surface area contributed by atoms with E-state index in [0.29, 0.717) is 5.56 Å². The third-order valence-electron chi connectivity index (χ3n) is 3.48. The summed E-state index contributed by atoms with van der Waals surface area (Å²) in [6, 6.07) is 8.59. The number of rotatable bonds is 3. The van der Waals surface area contributed by atoms with Crippen LogP contribution in [0.3, 0.4) is 0 Å². The molecule has 1 aromatic rings. The summed E-state index contributed by atoms with van der Waals surface area (Å²) >= 11 is 0. The van der Waals surface area contributed by atoms with Crippen LogP contribution in [0.4, 0.5) is 4.39 Å². The van der Waals surface area contributed by atoms with Crippen molar-refractivity contribution in [1.29, 1.82) is 0 Å². The van der Waals surface area contributed by atoms with Crippen LogP contribution in [0, 0.1) is 0 Å². The second-order valence-corrected chi connectivity index (χ2v) is 5.55. The standard InChI is InChI=1S/C15H17FO5/c1-15(2)20-11-10(19-13(16)12(11)21-15)8-18-14(17)9-6-4-3-5-7-9/h3-7,10-13H,8H2,1-2H3/t10-,11+,12+,13-/m1/s1. The Labute approximate surface area is 121 Å². The Morgan fingerprint density at radius 3 is 2.62 bits per heavy atom. The molecule has 0 N–H and O–H groups in total. The molecule has 0 radical (unpaired) electrons. The highest BCUT2D eigenvalue weighted by Gasteiger charge is 2.56. The van der Waals surface area contributed by atoms with Crippen LogP contribution in [0.25, 0.3) is 0 Å². The molecule has 5 nitrogen and oxygen atoms in total. The maximum absolute atomic E-state index is 13.8. The molecule has 0 saturated carbocycles. The van der Waals surface area contributed by atoms with Gasteiger partial charge in [-0.3, -0.25) is 0 Å². The SMILES string of the molecule is CC1(C)O[C@@H]2[C@H](O1)[C@H](F)O[C@@H]2COC(=O)c1ccccc1. The lowest BCUT2D eigenvalue weighted by molar-refractivity contribution is -0.207. The average molecular weight is 296 g/mol. The monoisotopic (exact) mass is 296 g/mol. The second kappa shape index (κ2) is 5.36. The molecule has 1 aromatic carbocycles. The highest BCUT2D eigenvalue weighted by molar-refractivity contribution is 5.89. The number of benzene rings is 1. The third kappa shape index (κ3) is 2.92. The quantitative estimate of drug-likeness (QED) is 0.799. The van der Waals surface area contributed by atoms with Crippen LogP contribution in [-0.4, -0.2) is 43.0 Å². The van der Waals surface area contributed by atoms with Gasteiger partial charge >= 0.3 is 5.97 Å². The van der Waals surface area contributed by atoms with Crippen LogP contribution in [0.5, 0.6) is 0 Å². The summed E-state index contributed by atoms with van der Waals surface area (Å²) in [4.78, 5) is 11.9. The van der Waals surface area contributed by atoms with Crippen molar-refractivity contribution in [3.63, 3.8) is 0 Å². The topological polar surface area (TPSA) is 54.0 Å². The van der Waals surface area contributed by atoms with Gasteiger partial charge in [-0.15, -0.1) is 0 Å². The number of fused-ring (bicyclic) bond motifs is 1. The first kappa shape index (κ1) is 14.4. The maximum Gasteiger partial charge on any atom is 0.338 e. The van der Waals surface area contributed by atoms with Crippen LogP contribution < -0.4 is 0 Å². The van der Waals surface area contributed by atoms with Crippen LogP contribution in [-0.2, 0) is 18.9 Å². The van der Waals surface area contributed by atoms with Crippen molar-refractivity contribution in [3.05, 3.63) is 35.9 Å². The molecule has 0 spiro atoms. The van der Waals surface area contributed by atoms with Gasteiger partial charge in [0.15, 0.2) is 5.79 Å². The second-order valence-electron chi connectivity index (χ2n) is 5.55. The van der Waals surface area contributed by atoms with Gasteiger partial charge in [0.1, 0.15) is 24.9 Å². The number of ether oxygens (including phenoxy) is 4.